The summed E-state index contributed by atoms with van der Waals surface area (Å²) in [4.78, 5) is 33.4. The maximum absolute atomic E-state index is 12.3. The molecular formula is C14H7ClNO4. The van der Waals surface area contributed by atoms with Crippen molar-refractivity contribution in [2.45, 2.75) is 0 Å². The first-order valence-electron chi connectivity index (χ1n) is 5.51. The predicted octanol–water partition coefficient (Wildman–Crippen LogP) is 2.94. The van der Waals surface area contributed by atoms with E-state index >= 15 is 0 Å². The second-order valence-electron chi connectivity index (χ2n) is 3.87. The van der Waals surface area contributed by atoms with Crippen molar-refractivity contribution in [1.82, 2.24) is 0 Å². The number of nitrogens with zero attached hydrogens (tertiary/aromatic N) is 1. The van der Waals surface area contributed by atoms with Crippen LogP contribution < -0.4 is 0 Å². The van der Waals surface area contributed by atoms with E-state index in [1.807, 2.05) is 0 Å². The largest absolute Gasteiger partial charge is 0.291 e. The molecule has 0 aliphatic carbocycles. The van der Waals surface area contributed by atoms with Gasteiger partial charge in [-0.25, -0.2) is 0 Å². The fourth-order valence-corrected chi connectivity index (χ4v) is 2.02. The number of rotatable bonds is 4. The second kappa shape index (κ2) is 5.63. The lowest BCUT2D eigenvalue weighted by molar-refractivity contribution is -0.385. The molecule has 0 saturated carbocycles. The van der Waals surface area contributed by atoms with Gasteiger partial charge in [-0.05, 0) is 24.3 Å². The summed E-state index contributed by atoms with van der Waals surface area (Å²) in [5.41, 5.74) is -0.885. The average molecular weight is 289 g/mol. The van der Waals surface area contributed by atoms with Gasteiger partial charge in [0.25, 0.3) is 5.69 Å². The number of hydrogen-bond donors (Lipinski definition) is 0. The zero-order chi connectivity index (χ0) is 14.7. The maximum Gasteiger partial charge on any atom is 0.291 e. The lowest BCUT2D eigenvalue weighted by Gasteiger charge is -2.05. The molecule has 2 aromatic carbocycles. The Morgan fingerprint density at radius 2 is 1.75 bits per heavy atom. The van der Waals surface area contributed by atoms with Crippen molar-refractivity contribution in [1.29, 1.82) is 0 Å². The Kier molecular flexibility index (Phi) is 3.91. The van der Waals surface area contributed by atoms with Gasteiger partial charge in [0.15, 0.2) is 0 Å². The summed E-state index contributed by atoms with van der Waals surface area (Å²) in [6.07, 6.45) is 1.46. The number of nitro groups is 1. The highest BCUT2D eigenvalue weighted by Crippen LogP contribution is 2.27. The first-order valence-corrected chi connectivity index (χ1v) is 5.89. The van der Waals surface area contributed by atoms with Gasteiger partial charge < -0.3 is 0 Å². The molecule has 0 unspecified atom stereocenters. The minimum atomic E-state index is -0.774. The van der Waals surface area contributed by atoms with Crippen LogP contribution in [0.15, 0.2) is 42.5 Å². The highest BCUT2D eigenvalue weighted by molar-refractivity contribution is 6.35. The number of carbonyl (C=O) groups excluding carboxylic acids is 2. The fourth-order valence-electron chi connectivity index (χ4n) is 1.80. The molecule has 0 bridgehead atoms. The second-order valence-corrected chi connectivity index (χ2v) is 4.28. The molecule has 0 saturated heterocycles. The predicted molar refractivity (Wildman–Crippen MR) is 72.8 cm³/mol. The van der Waals surface area contributed by atoms with Crippen LogP contribution in [0.4, 0.5) is 5.69 Å². The Morgan fingerprint density at radius 3 is 2.35 bits per heavy atom. The molecule has 0 atom stereocenters. The third kappa shape index (κ3) is 2.44. The minimum absolute atomic E-state index is 0.139. The Labute approximate surface area is 118 Å². The Hall–Kier alpha value is -2.53. The number of nitro benzene ring substituents is 1. The number of hydrogen-bond acceptors (Lipinski definition) is 4. The molecule has 2 rings (SSSR count). The molecule has 0 aromatic heterocycles. The van der Waals surface area contributed by atoms with E-state index in [1.165, 1.54) is 36.6 Å². The van der Waals surface area contributed by atoms with E-state index in [-0.39, 0.29) is 21.7 Å². The lowest BCUT2D eigenvalue weighted by atomic mass is 9.99. The molecule has 0 spiro atoms. The standard InChI is InChI=1S/C14H7ClNO4/c15-12-7-2-1-5-10(12)14(18)11-6-3-4-9(8-17)13(11)16(19)20/h1-7H. The van der Waals surface area contributed by atoms with Gasteiger partial charge in [0.1, 0.15) is 11.1 Å². The molecule has 1 radical (unpaired) electrons. The van der Waals surface area contributed by atoms with Gasteiger partial charge in [-0.2, -0.15) is 0 Å². The fraction of sp³-hybridized carbons (Fsp3) is 0. The molecule has 2 aromatic rings. The van der Waals surface area contributed by atoms with Gasteiger partial charge >= 0.3 is 0 Å². The third-order valence-corrected chi connectivity index (χ3v) is 3.02. The van der Waals surface area contributed by atoms with E-state index in [0.29, 0.717) is 0 Å². The molecule has 5 nitrogen and oxygen atoms in total. The summed E-state index contributed by atoms with van der Waals surface area (Å²) in [7, 11) is 0. The quantitative estimate of drug-likeness (QED) is 0.492. The topological polar surface area (TPSA) is 77.3 Å². The minimum Gasteiger partial charge on any atom is -0.288 e. The van der Waals surface area contributed by atoms with Crippen LogP contribution in [0.5, 0.6) is 0 Å². The Bertz CT molecular complexity index is 712. The van der Waals surface area contributed by atoms with Crippen LogP contribution in [0.3, 0.4) is 0 Å². The van der Waals surface area contributed by atoms with Crippen molar-refractivity contribution >= 4 is 29.4 Å². The lowest BCUT2D eigenvalue weighted by Crippen LogP contribution is -2.08. The molecule has 0 fully saturated rings. The Balaban J connectivity index is 2.64. The normalized spacial score (nSPS) is 10.1. The van der Waals surface area contributed by atoms with E-state index in [1.54, 1.807) is 12.1 Å². The molecule has 0 aliphatic rings. The summed E-state index contributed by atoms with van der Waals surface area (Å²) in [6.45, 7) is 0. The highest BCUT2D eigenvalue weighted by atomic mass is 35.5. The van der Waals surface area contributed by atoms with Gasteiger partial charge in [-0.1, -0.05) is 29.8 Å². The first kappa shape index (κ1) is 13.9. The van der Waals surface area contributed by atoms with E-state index in [4.69, 9.17) is 11.6 Å². The van der Waals surface area contributed by atoms with Crippen LogP contribution in [0.2, 0.25) is 5.02 Å². The van der Waals surface area contributed by atoms with Gasteiger partial charge in [-0.3, -0.25) is 19.7 Å². The molecular weight excluding hydrogens is 282 g/mol. The van der Waals surface area contributed by atoms with E-state index in [0.717, 1.165) is 0 Å². The van der Waals surface area contributed by atoms with Crippen molar-refractivity contribution < 1.29 is 14.5 Å². The van der Waals surface area contributed by atoms with Crippen LogP contribution in [-0.4, -0.2) is 17.0 Å². The van der Waals surface area contributed by atoms with Gasteiger partial charge in [0, 0.05) is 5.56 Å². The van der Waals surface area contributed by atoms with Crippen LogP contribution in [0, 0.1) is 10.1 Å². The monoisotopic (exact) mass is 288 g/mol. The highest BCUT2D eigenvalue weighted by Gasteiger charge is 2.26. The van der Waals surface area contributed by atoms with Crippen molar-refractivity contribution in [2.75, 3.05) is 0 Å². The number of carbonyl (C=O) groups is 1. The summed E-state index contributed by atoms with van der Waals surface area (Å²) in [6, 6.07) is 10.1. The van der Waals surface area contributed by atoms with E-state index < -0.39 is 16.4 Å². The van der Waals surface area contributed by atoms with Crippen molar-refractivity contribution in [3.63, 3.8) is 0 Å². The maximum atomic E-state index is 12.3. The van der Waals surface area contributed by atoms with E-state index in [2.05, 4.69) is 0 Å². The Morgan fingerprint density at radius 1 is 1.10 bits per heavy atom. The molecule has 0 aliphatic heterocycles. The van der Waals surface area contributed by atoms with Crippen LogP contribution in [-0.2, 0) is 4.79 Å². The van der Waals surface area contributed by atoms with E-state index in [9.17, 15) is 19.7 Å². The van der Waals surface area contributed by atoms with Gasteiger partial charge in [0.05, 0.1) is 9.95 Å². The third-order valence-electron chi connectivity index (χ3n) is 2.69. The van der Waals surface area contributed by atoms with Crippen molar-refractivity contribution in [2.24, 2.45) is 0 Å². The number of ketones is 1. The smallest absolute Gasteiger partial charge is 0.288 e. The van der Waals surface area contributed by atoms with Crippen molar-refractivity contribution in [3.8, 4) is 0 Å². The summed E-state index contributed by atoms with van der Waals surface area (Å²) in [5.74, 6) is -0.612. The SMILES string of the molecule is O=[C]c1cccc(C(=O)c2ccccc2Cl)c1[N+](=O)[O-]. The van der Waals surface area contributed by atoms with Gasteiger partial charge in [-0.15, -0.1) is 0 Å². The first-order chi connectivity index (χ1) is 9.56. The molecule has 0 heterocycles. The molecule has 0 amide bonds. The molecule has 6 heteroatoms. The summed E-state index contributed by atoms with van der Waals surface area (Å²) < 4.78 is 0. The zero-order valence-electron chi connectivity index (χ0n) is 10.00. The van der Waals surface area contributed by atoms with Crippen LogP contribution in [0.25, 0.3) is 0 Å². The summed E-state index contributed by atoms with van der Waals surface area (Å²) in [5, 5.41) is 11.3. The molecule has 99 valence electrons. The average Bonchev–Trinajstić information content (AvgIpc) is 2.46. The van der Waals surface area contributed by atoms with Gasteiger partial charge in [0.2, 0.25) is 12.1 Å². The molecule has 0 N–H and O–H groups in total. The van der Waals surface area contributed by atoms with Crippen LogP contribution >= 0.6 is 11.6 Å². The zero-order valence-corrected chi connectivity index (χ0v) is 10.8. The number of benzene rings is 2. The molecule has 20 heavy (non-hydrogen) atoms. The number of para-hydroxylation sites is 1. The summed E-state index contributed by atoms with van der Waals surface area (Å²) >= 11 is 5.91. The van der Waals surface area contributed by atoms with Crippen molar-refractivity contribution in [3.05, 3.63) is 74.3 Å². The number of halogens is 1. The van der Waals surface area contributed by atoms with Crippen LogP contribution in [0.1, 0.15) is 21.5 Å².